The zero-order valence-electron chi connectivity index (χ0n) is 76.7. The Morgan fingerprint density at radius 1 is 0.500 bits per heavy atom. The molecule has 0 spiro atoms. The Balaban J connectivity index is 1.19. The average molecular weight is 1880 g/mol. The van der Waals surface area contributed by atoms with Crippen LogP contribution in [0, 0.1) is 23.7 Å². The van der Waals surface area contributed by atoms with Crippen LogP contribution in [-0.2, 0) is 112 Å². The maximum absolute atomic E-state index is 15.5. The topological polar surface area (TPSA) is 612 Å². The minimum absolute atomic E-state index is 0.0182. The van der Waals surface area contributed by atoms with Crippen molar-refractivity contribution in [2.75, 3.05) is 31.7 Å². The minimum Gasteiger partial charge on any atom is -0.508 e. The fraction of sp³-hybridized carbons (Fsp3) is 0.473. The van der Waals surface area contributed by atoms with Crippen LogP contribution in [0.4, 0.5) is 0 Å². The summed E-state index contributed by atoms with van der Waals surface area (Å²) in [6.45, 7) is 14.6. The molecule has 8 rings (SSSR count). The fourth-order valence-electron chi connectivity index (χ4n) is 15.3. The van der Waals surface area contributed by atoms with Gasteiger partial charge in [-0.25, -0.2) is 0 Å². The Kier molecular flexibility index (Phi) is 39.5. The number of carbonyl (C=O) groups excluding carboxylic acids is 17. The van der Waals surface area contributed by atoms with Gasteiger partial charge in [-0.1, -0.05) is 146 Å². The van der Waals surface area contributed by atoms with Gasteiger partial charge in [0.25, 0.3) is 0 Å². The third kappa shape index (κ3) is 31.1. The number of thioether (sulfide) groups is 1. The number of amides is 17. The number of aromatic hydroxyl groups is 1. The number of carboxylic acids is 1. The second-order valence-corrected chi connectivity index (χ2v) is 36.1. The molecule has 15 atom stereocenters. The number of likely N-dealkylation sites (N-methyl/N-ethyl adjacent to an activating group) is 1. The number of carbonyl (C=O) groups is 18. The summed E-state index contributed by atoms with van der Waals surface area (Å²) in [4.78, 5) is 270. The van der Waals surface area contributed by atoms with Crippen molar-refractivity contribution in [3.8, 4) is 16.9 Å². The molecule has 6 aromatic rings. The van der Waals surface area contributed by atoms with Crippen molar-refractivity contribution in [2.24, 2.45) is 35.1 Å². The molecule has 134 heavy (non-hydrogen) atoms. The number of hydrogen-bond acceptors (Lipinski definition) is 22. The van der Waals surface area contributed by atoms with E-state index in [0.29, 0.717) is 39.4 Å². The molecule has 2 saturated heterocycles. The highest BCUT2D eigenvalue weighted by molar-refractivity contribution is 8.00. The van der Waals surface area contributed by atoms with E-state index >= 15 is 33.6 Å². The van der Waals surface area contributed by atoms with Crippen LogP contribution in [0.3, 0.4) is 0 Å². The van der Waals surface area contributed by atoms with Crippen molar-refractivity contribution in [2.45, 2.75) is 224 Å². The van der Waals surface area contributed by atoms with E-state index in [1.165, 1.54) is 82.4 Å². The maximum atomic E-state index is 15.5. The third-order valence-corrected chi connectivity index (χ3v) is 23.8. The number of aliphatic carboxylic acids is 1. The first-order chi connectivity index (χ1) is 63.5. The van der Waals surface area contributed by atoms with Gasteiger partial charge >= 0.3 is 5.97 Å². The molecule has 41 heteroatoms. The SMILES string of the molecule is CC(C)C[C@@H]1NC(=O)[C@H](Cc2c[nH]c3ccccc23)NC(=O)[C@H](CC(=O)O)NC(=O)[C@H](Cc2ccc(O)cc2)NC(=O)[C@H](Cc2cccnc2)NC(=O)CSC[C@@H](C(=O)N[C@@H](C)C(N)=O)NC(=O)[C@H](CO)NC(=O)[C@H](C(C)C)NC(=O)[C@H](CC(C)C)NC(=O)[C@H](CC(N)=O)NC(=O)[C@H]2CCCN2C(=O)[C@H](C)N(C)C(=O)[C@H](C(C)C)NC(=O)[C@H](Cc2ccc(-c3ccccc3)cc2)NC1=O. The van der Waals surface area contributed by atoms with Gasteiger partial charge in [0.1, 0.15) is 96.4 Å². The maximum Gasteiger partial charge on any atom is 0.305 e. The minimum atomic E-state index is -2.07. The van der Waals surface area contributed by atoms with Crippen molar-refractivity contribution in [3.63, 3.8) is 0 Å². The molecule has 4 heterocycles. The molecule has 17 amide bonds. The van der Waals surface area contributed by atoms with Gasteiger partial charge in [-0.15, -0.1) is 11.8 Å². The third-order valence-electron chi connectivity index (χ3n) is 22.8. The summed E-state index contributed by atoms with van der Waals surface area (Å²) < 4.78 is 0. The largest absolute Gasteiger partial charge is 0.508 e. The number of para-hydroxylation sites is 1. The van der Waals surface area contributed by atoms with E-state index in [4.69, 9.17) is 11.5 Å². The first kappa shape index (κ1) is 105. The zero-order chi connectivity index (χ0) is 98.5. The zero-order valence-corrected chi connectivity index (χ0v) is 77.5. The van der Waals surface area contributed by atoms with E-state index in [-0.39, 0.29) is 68.7 Å². The quantitative estimate of drug-likeness (QED) is 0.0379. The van der Waals surface area contributed by atoms with Crippen LogP contribution >= 0.6 is 11.8 Å². The van der Waals surface area contributed by atoms with Crippen LogP contribution in [0.5, 0.6) is 5.75 Å². The molecule has 2 aliphatic heterocycles. The van der Waals surface area contributed by atoms with Gasteiger partial charge in [0.05, 0.1) is 25.2 Å². The molecule has 2 aromatic heterocycles. The van der Waals surface area contributed by atoms with Crippen molar-refractivity contribution in [1.29, 1.82) is 0 Å². The number of nitrogens with two attached hydrogens (primary N) is 2. The molecule has 2 fully saturated rings. The molecular formula is C93H123N19O21S. The molecule has 2 aliphatic rings. The number of phenolic OH excluding ortho intramolecular Hbond substituents is 1. The number of pyridine rings is 1. The van der Waals surface area contributed by atoms with E-state index in [2.05, 4.69) is 79.1 Å². The number of H-pyrrole nitrogens is 1. The predicted molar refractivity (Wildman–Crippen MR) is 493 cm³/mol. The summed E-state index contributed by atoms with van der Waals surface area (Å²) in [5.41, 5.74) is 15.0. The number of rotatable bonds is 23. The van der Waals surface area contributed by atoms with Crippen molar-refractivity contribution >= 4 is 129 Å². The summed E-state index contributed by atoms with van der Waals surface area (Å²) in [7, 11) is 1.31. The van der Waals surface area contributed by atoms with E-state index < -0.39 is 252 Å². The van der Waals surface area contributed by atoms with Gasteiger partial charge < -0.3 is 111 Å². The van der Waals surface area contributed by atoms with E-state index in [9.17, 15) is 68.1 Å². The summed E-state index contributed by atoms with van der Waals surface area (Å²) in [6.07, 6.45) is 1.05. The molecule has 0 unspecified atom stereocenters. The average Bonchev–Trinajstić information content (AvgIpc) is 1.63. The van der Waals surface area contributed by atoms with Crippen LogP contribution in [0.15, 0.2) is 134 Å². The number of hydrogen-bond donors (Lipinski definition) is 19. The summed E-state index contributed by atoms with van der Waals surface area (Å²) in [5, 5.41) is 65.6. The lowest BCUT2D eigenvalue weighted by atomic mass is 9.97. The number of benzene rings is 4. The lowest BCUT2D eigenvalue weighted by Gasteiger charge is -2.34. The van der Waals surface area contributed by atoms with Crippen LogP contribution in [0.25, 0.3) is 22.0 Å². The standard InChI is InChI=1S/C93H123N19O21S/c1-48(2)35-63-80(120)103-67(37-54-25-29-58(30-26-54)57-20-13-12-14-21-57)87(127)110-78(51(7)8)93(133)111(11)53(10)92(132)112-34-18-24-73(112)90(130)106-69(41-74(94)115)84(124)101-64(36-49(3)4)86(126)109-77(50(5)6)91(131)107-71(45-113)88(128)108-72(89(129)98-52(9)79(95)119)46-134-47-75(116)99-65(39-56-19-17-33-96-43-56)81(121)102-66(38-55-27-31-60(114)32-28-55)82(122)105-70(42-76(117)118)85(125)104-68(83(123)100-63)40-59-44-97-62-23-16-15-22-61(59)62/h12-17,19-23,25-33,43-44,48-53,63-73,77-78,97,113-114H,18,24,34-42,45-47H2,1-11H3,(H2,94,115)(H2,95,119)(H,98,129)(H,99,116)(H,100,123)(H,101,124)(H,102,121)(H,103,120)(H,104,125)(H,105,122)(H,106,130)(H,107,131)(H,108,128)(H,109,126)(H,110,127)(H,117,118)/t52-,53-,63-,64-,65-,66-,67-,68-,69-,70-,71-,72-,73+,77-,78-/m0/s1. The lowest BCUT2D eigenvalue weighted by Crippen LogP contribution is -2.62. The second kappa shape index (κ2) is 50.1. The normalized spacial score (nSPS) is 23.9. The number of phenols is 1. The van der Waals surface area contributed by atoms with Gasteiger partial charge in [0.15, 0.2) is 0 Å². The second-order valence-electron chi connectivity index (χ2n) is 35.1. The number of aliphatic hydroxyl groups is 1. The number of nitrogens with one attached hydrogen (secondary N) is 14. The molecule has 0 aliphatic carbocycles. The molecule has 0 saturated carbocycles. The number of aromatic nitrogens is 2. The molecule has 0 bridgehead atoms. The Labute approximate surface area is 779 Å². The molecule has 40 nitrogen and oxygen atoms in total. The van der Waals surface area contributed by atoms with Crippen LogP contribution in [0.1, 0.15) is 130 Å². The van der Waals surface area contributed by atoms with Crippen molar-refractivity contribution in [3.05, 3.63) is 156 Å². The van der Waals surface area contributed by atoms with Crippen molar-refractivity contribution in [1.82, 2.24) is 88.9 Å². The van der Waals surface area contributed by atoms with E-state index in [0.717, 1.165) is 16.0 Å². The predicted octanol–water partition coefficient (Wildman–Crippen LogP) is -0.655. The van der Waals surface area contributed by atoms with Gasteiger partial charge in [0, 0.05) is 74.5 Å². The molecule has 21 N–H and O–H groups in total. The van der Waals surface area contributed by atoms with Crippen LogP contribution < -0.4 is 80.6 Å². The number of fused-ring (bicyclic) bond motifs is 2. The van der Waals surface area contributed by atoms with Crippen LogP contribution in [0.2, 0.25) is 0 Å². The van der Waals surface area contributed by atoms with Gasteiger partial charge in [-0.05, 0) is 121 Å². The Morgan fingerprint density at radius 3 is 1.51 bits per heavy atom. The van der Waals surface area contributed by atoms with E-state index in [1.807, 2.05) is 42.5 Å². The van der Waals surface area contributed by atoms with Gasteiger partial charge in [-0.3, -0.25) is 91.3 Å². The number of aliphatic hydroxyl groups excluding tert-OH is 1. The molecule has 4 aromatic carbocycles. The Hall–Kier alpha value is -13.9. The number of carboxylic acid groups (broad SMARTS) is 1. The molecule has 722 valence electrons. The number of primary amides is 2. The molecule has 0 radical (unpaired) electrons. The summed E-state index contributed by atoms with van der Waals surface area (Å²) in [5.74, 6) is -22.5. The van der Waals surface area contributed by atoms with E-state index in [1.54, 1.807) is 90.2 Å². The monoisotopic (exact) mass is 1870 g/mol. The Bertz CT molecular complexity index is 5180. The van der Waals surface area contributed by atoms with Gasteiger partial charge in [0.2, 0.25) is 100 Å². The number of aromatic amines is 1. The highest BCUT2D eigenvalue weighted by atomic mass is 32.2. The highest BCUT2D eigenvalue weighted by Gasteiger charge is 2.44. The lowest BCUT2D eigenvalue weighted by molar-refractivity contribution is -0.148. The Morgan fingerprint density at radius 2 is 0.970 bits per heavy atom. The smallest absolute Gasteiger partial charge is 0.305 e. The van der Waals surface area contributed by atoms with Gasteiger partial charge in [-0.2, -0.15) is 0 Å². The summed E-state index contributed by atoms with van der Waals surface area (Å²) in [6, 6.07) is 7.60. The highest BCUT2D eigenvalue weighted by Crippen LogP contribution is 2.26. The first-order valence-electron chi connectivity index (χ1n) is 44.3. The number of nitrogens with zero attached hydrogens (tertiary/aromatic N) is 3. The summed E-state index contributed by atoms with van der Waals surface area (Å²) >= 11 is 0.694. The molecular weight excluding hydrogens is 1750 g/mol. The first-order valence-corrected chi connectivity index (χ1v) is 45.5. The van der Waals surface area contributed by atoms with Crippen molar-refractivity contribution < 1.29 is 102 Å². The van der Waals surface area contributed by atoms with Crippen LogP contribution in [-0.4, -0.2) is 264 Å². The fourth-order valence-corrected chi connectivity index (χ4v) is 16.1.